The summed E-state index contributed by atoms with van der Waals surface area (Å²) in [4.78, 5) is 2.03. The first kappa shape index (κ1) is 17.7. The van der Waals surface area contributed by atoms with E-state index < -0.39 is 42.7 Å². The Morgan fingerprint density at radius 3 is 1.76 bits per heavy atom. The molecule has 1 heterocycles. The number of hydrogen-bond acceptors (Lipinski definition) is 2. The van der Waals surface area contributed by atoms with Gasteiger partial charge in [0.2, 0.25) is 11.7 Å². The molecule has 0 saturated heterocycles. The topological polar surface area (TPSA) is 40.3 Å². The molecule has 0 bridgehead atoms. The number of halogens is 10. The van der Waals surface area contributed by atoms with Crippen LogP contribution in [0.3, 0.4) is 0 Å². The van der Waals surface area contributed by atoms with Crippen molar-refractivity contribution in [2.75, 3.05) is 7.05 Å². The summed E-state index contributed by atoms with van der Waals surface area (Å²) >= 11 is 0. The van der Waals surface area contributed by atoms with Crippen molar-refractivity contribution in [3.8, 4) is 0 Å². The normalized spacial score (nSPS) is 24.6. The van der Waals surface area contributed by atoms with Crippen LogP contribution in [-0.2, 0) is 0 Å². The van der Waals surface area contributed by atoms with E-state index in [0.29, 0.717) is 0 Å². The van der Waals surface area contributed by atoms with Crippen LogP contribution in [0, 0.1) is 0 Å². The maximum absolute atomic E-state index is 13.9. The van der Waals surface area contributed by atoms with Crippen LogP contribution in [0.15, 0.2) is 14.5 Å². The lowest BCUT2D eigenvalue weighted by molar-refractivity contribution is -0.118. The standard InChI is InChI=1S/C6H3F10N4P/c1-20-3(5(10,11)12)17-2(4(7,8)9)18-21(20,16)19-6(13,14)15/h1H3. The lowest BCUT2D eigenvalue weighted by atomic mass is 10.5. The molecule has 4 nitrogen and oxygen atoms in total. The highest BCUT2D eigenvalue weighted by Gasteiger charge is 2.52. The first-order valence-electron chi connectivity index (χ1n) is 4.54. The van der Waals surface area contributed by atoms with Gasteiger partial charge in [0.1, 0.15) is 0 Å². The summed E-state index contributed by atoms with van der Waals surface area (Å²) < 4.78 is 127. The third-order valence-corrected chi connectivity index (χ3v) is 3.75. The maximum atomic E-state index is 13.9. The van der Waals surface area contributed by atoms with E-state index in [1.165, 1.54) is 4.74 Å². The molecule has 0 radical (unpaired) electrons. The molecule has 0 aliphatic carbocycles. The van der Waals surface area contributed by atoms with Gasteiger partial charge in [0.25, 0.3) is 0 Å². The van der Waals surface area contributed by atoms with E-state index in [0.717, 1.165) is 0 Å². The Bertz CT molecular complexity index is 537. The van der Waals surface area contributed by atoms with Crippen molar-refractivity contribution in [1.82, 2.24) is 4.67 Å². The zero-order valence-corrected chi connectivity index (χ0v) is 10.4. The Morgan fingerprint density at radius 1 is 0.952 bits per heavy atom. The van der Waals surface area contributed by atoms with Gasteiger partial charge in [-0.05, 0) is 0 Å². The Kier molecular flexibility index (Phi) is 4.09. The molecule has 1 atom stereocenters. The second-order valence-corrected chi connectivity index (χ2v) is 5.43. The van der Waals surface area contributed by atoms with E-state index in [1.54, 1.807) is 0 Å². The van der Waals surface area contributed by atoms with Crippen LogP contribution < -0.4 is 0 Å². The van der Waals surface area contributed by atoms with E-state index in [2.05, 4.69) is 0 Å². The van der Waals surface area contributed by atoms with Crippen molar-refractivity contribution in [2.24, 2.45) is 14.5 Å². The summed E-state index contributed by atoms with van der Waals surface area (Å²) in [6.07, 6.45) is -17.0. The number of hydrogen-bond donors (Lipinski definition) is 0. The van der Waals surface area contributed by atoms with Gasteiger partial charge < -0.3 is 0 Å². The van der Waals surface area contributed by atoms with Crippen LogP contribution in [0.5, 0.6) is 0 Å². The molecular weight excluding hydrogens is 349 g/mol. The molecule has 0 fully saturated rings. The highest BCUT2D eigenvalue weighted by molar-refractivity contribution is 7.58. The molecule has 0 aromatic heterocycles. The van der Waals surface area contributed by atoms with Crippen molar-refractivity contribution in [3.05, 3.63) is 0 Å². The molecule has 0 N–H and O–H groups in total. The molecule has 0 saturated carbocycles. The Morgan fingerprint density at radius 2 is 1.43 bits per heavy atom. The number of aliphatic imine (C=N–C) groups is 1. The lowest BCUT2D eigenvalue weighted by Crippen LogP contribution is -2.41. The molecule has 0 amide bonds. The van der Waals surface area contributed by atoms with Crippen LogP contribution in [-0.4, -0.2) is 42.0 Å². The van der Waals surface area contributed by atoms with Crippen LogP contribution in [0.1, 0.15) is 0 Å². The minimum atomic E-state index is -6.03. The third kappa shape index (κ3) is 4.08. The highest BCUT2D eigenvalue weighted by Crippen LogP contribution is 2.61. The second kappa shape index (κ2) is 4.85. The van der Waals surface area contributed by atoms with Gasteiger partial charge in [0.15, 0.2) is 0 Å². The average molecular weight is 352 g/mol. The SMILES string of the molecule is CN1C(C(F)(F)F)=NC(C(F)(F)F)=NP1(F)=NC(F)(F)F. The molecule has 21 heavy (non-hydrogen) atoms. The minimum absolute atomic E-state index is 0.131. The predicted octanol–water partition coefficient (Wildman–Crippen LogP) is 4.29. The van der Waals surface area contributed by atoms with Gasteiger partial charge in [-0.2, -0.15) is 35.3 Å². The minimum Gasteiger partial charge on any atom is -0.279 e. The van der Waals surface area contributed by atoms with Gasteiger partial charge >= 0.3 is 26.3 Å². The van der Waals surface area contributed by atoms with Gasteiger partial charge in [-0.15, -0.1) is 17.9 Å². The predicted molar refractivity (Wildman–Crippen MR) is 51.3 cm³/mol. The summed E-state index contributed by atoms with van der Waals surface area (Å²) in [5.41, 5.74) is 0. The van der Waals surface area contributed by atoms with Gasteiger partial charge in [0, 0.05) is 7.05 Å². The Balaban J connectivity index is 3.61. The van der Waals surface area contributed by atoms with Crippen molar-refractivity contribution in [2.45, 2.75) is 18.7 Å². The van der Waals surface area contributed by atoms with E-state index in [9.17, 15) is 43.7 Å². The number of nitrogens with zero attached hydrogens (tertiary/aromatic N) is 4. The summed E-state index contributed by atoms with van der Waals surface area (Å²) in [6.45, 7) is 0. The fourth-order valence-electron chi connectivity index (χ4n) is 1.10. The van der Waals surface area contributed by atoms with Gasteiger partial charge in [-0.1, -0.05) is 0 Å². The van der Waals surface area contributed by atoms with Gasteiger partial charge in [0.05, 0.1) is 0 Å². The Labute approximate surface area is 109 Å². The van der Waals surface area contributed by atoms with Crippen LogP contribution in [0.2, 0.25) is 0 Å². The van der Waals surface area contributed by atoms with E-state index in [-0.39, 0.29) is 7.05 Å². The van der Waals surface area contributed by atoms with E-state index in [4.69, 9.17) is 0 Å². The summed E-state index contributed by atoms with van der Waals surface area (Å²) in [5.74, 6) is -5.18. The van der Waals surface area contributed by atoms with Crippen LogP contribution in [0.25, 0.3) is 0 Å². The monoisotopic (exact) mass is 352 g/mol. The van der Waals surface area contributed by atoms with Gasteiger partial charge in [-0.25, -0.2) is 4.99 Å². The highest BCUT2D eigenvalue weighted by atomic mass is 31.2. The third-order valence-electron chi connectivity index (χ3n) is 1.87. The van der Waals surface area contributed by atoms with Crippen molar-refractivity contribution in [1.29, 1.82) is 0 Å². The molecule has 1 unspecified atom stereocenters. The van der Waals surface area contributed by atoms with Crippen LogP contribution in [0.4, 0.5) is 43.7 Å². The fourth-order valence-corrected chi connectivity index (χ4v) is 2.50. The molecule has 0 spiro atoms. The largest absolute Gasteiger partial charge is 0.507 e. The molecule has 0 aromatic rings. The first-order valence-corrected chi connectivity index (χ1v) is 6.07. The smallest absolute Gasteiger partial charge is 0.279 e. The zero-order valence-electron chi connectivity index (χ0n) is 9.52. The number of alkyl halides is 9. The summed E-state index contributed by atoms with van der Waals surface area (Å²) in [7, 11) is -5.90. The average Bonchev–Trinajstić information content (AvgIpc) is 2.15. The first-order chi connectivity index (χ1) is 9.06. The molecular formula is C6H3F10N4P. The number of rotatable bonds is 0. The van der Waals surface area contributed by atoms with Crippen molar-refractivity contribution >= 4 is 19.3 Å². The quantitative estimate of drug-likeness (QED) is 0.364. The van der Waals surface area contributed by atoms with Gasteiger partial charge in [-0.3, -0.25) is 4.67 Å². The number of amidine groups is 2. The van der Waals surface area contributed by atoms with Crippen molar-refractivity contribution in [3.63, 3.8) is 0 Å². The Hall–Kier alpha value is -1.33. The summed E-state index contributed by atoms with van der Waals surface area (Å²) in [5, 5.41) is 0. The molecule has 1 rings (SSSR count). The molecule has 0 aromatic carbocycles. The van der Waals surface area contributed by atoms with E-state index in [1.807, 2.05) is 9.76 Å². The molecule has 122 valence electrons. The summed E-state index contributed by atoms with van der Waals surface area (Å²) in [6, 6.07) is 0. The lowest BCUT2D eigenvalue weighted by Gasteiger charge is -2.30. The fraction of sp³-hybridized carbons (Fsp3) is 0.667. The second-order valence-electron chi connectivity index (χ2n) is 3.44. The van der Waals surface area contributed by atoms with Crippen molar-refractivity contribution < 1.29 is 43.7 Å². The van der Waals surface area contributed by atoms with Crippen LogP contribution >= 0.6 is 7.67 Å². The molecule has 1 aliphatic heterocycles. The molecule has 15 heteroatoms. The van der Waals surface area contributed by atoms with E-state index >= 15 is 0 Å². The zero-order chi connectivity index (χ0) is 16.9. The molecule has 1 aliphatic rings. The maximum Gasteiger partial charge on any atom is 0.507 e.